The minimum Gasteiger partial charge on any atom is -0.291 e. The molecule has 25 heavy (non-hydrogen) atoms. The Morgan fingerprint density at radius 2 is 1.96 bits per heavy atom. The van der Waals surface area contributed by atoms with Crippen LogP contribution in [0.2, 0.25) is 0 Å². The quantitative estimate of drug-likeness (QED) is 0.585. The van der Waals surface area contributed by atoms with Crippen molar-refractivity contribution in [3.63, 3.8) is 0 Å². The molecule has 3 rings (SSSR count). The van der Waals surface area contributed by atoms with Gasteiger partial charge in [-0.1, -0.05) is 33.6 Å². The maximum absolute atomic E-state index is 14.3. The molecule has 0 radical (unpaired) electrons. The average molecular weight is 419 g/mol. The van der Waals surface area contributed by atoms with Gasteiger partial charge in [0.05, 0.1) is 16.5 Å². The molecule has 2 aromatic carbocycles. The molecule has 7 heteroatoms. The zero-order valence-corrected chi connectivity index (χ0v) is 15.5. The molecular formula is C18H12BrFN2O2S. The third-order valence-corrected chi connectivity index (χ3v) is 5.56. The van der Waals surface area contributed by atoms with Crippen molar-refractivity contribution in [1.29, 1.82) is 5.26 Å². The number of fused-ring (bicyclic) bond motifs is 1. The number of Topliss-reactive ketones (excluding diaryl/α,β-unsaturated/α-hetero) is 1. The van der Waals surface area contributed by atoms with E-state index in [0.29, 0.717) is 14.9 Å². The van der Waals surface area contributed by atoms with Crippen LogP contribution in [-0.2, 0) is 11.0 Å². The van der Waals surface area contributed by atoms with Crippen LogP contribution in [0, 0.1) is 24.1 Å². The van der Waals surface area contributed by atoms with Crippen molar-refractivity contribution in [1.82, 2.24) is 3.97 Å². The number of carbonyl (C=O) groups excluding carboxylic acids is 1. The predicted octanol–water partition coefficient (Wildman–Crippen LogP) is 4.52. The van der Waals surface area contributed by atoms with Crippen LogP contribution in [0.5, 0.6) is 0 Å². The summed E-state index contributed by atoms with van der Waals surface area (Å²) in [6.45, 7) is 1.91. The van der Waals surface area contributed by atoms with Crippen LogP contribution in [0.1, 0.15) is 22.5 Å². The Morgan fingerprint density at radius 3 is 2.60 bits per heavy atom. The summed E-state index contributed by atoms with van der Waals surface area (Å²) in [4.78, 5) is 12.8. The average Bonchev–Trinajstić information content (AvgIpc) is 2.95. The van der Waals surface area contributed by atoms with E-state index in [1.54, 1.807) is 24.3 Å². The Morgan fingerprint density at radius 1 is 1.28 bits per heavy atom. The summed E-state index contributed by atoms with van der Waals surface area (Å²) in [6, 6.07) is 13.0. The smallest absolute Gasteiger partial charge is 0.194 e. The summed E-state index contributed by atoms with van der Waals surface area (Å²) in [7, 11) is -1.75. The zero-order valence-electron chi connectivity index (χ0n) is 13.1. The predicted molar refractivity (Wildman–Crippen MR) is 97.1 cm³/mol. The molecule has 4 nitrogen and oxygen atoms in total. The highest BCUT2D eigenvalue weighted by molar-refractivity contribution is 9.10. The lowest BCUT2D eigenvalue weighted by molar-refractivity contribution is 0.0992. The highest BCUT2D eigenvalue weighted by Gasteiger charge is 2.22. The normalized spacial score (nSPS) is 12.1. The van der Waals surface area contributed by atoms with Gasteiger partial charge >= 0.3 is 0 Å². The van der Waals surface area contributed by atoms with E-state index in [1.165, 1.54) is 16.1 Å². The van der Waals surface area contributed by atoms with Crippen LogP contribution >= 0.6 is 15.9 Å². The number of aryl methyl sites for hydroxylation is 1. The molecule has 0 spiro atoms. The molecule has 1 unspecified atom stereocenters. The maximum Gasteiger partial charge on any atom is 0.194 e. The van der Waals surface area contributed by atoms with Crippen molar-refractivity contribution < 1.29 is 13.4 Å². The number of halogens is 2. The molecule has 0 amide bonds. The fourth-order valence-corrected chi connectivity index (χ4v) is 4.16. The third-order valence-electron chi connectivity index (χ3n) is 3.70. The fourth-order valence-electron chi connectivity index (χ4n) is 2.50. The van der Waals surface area contributed by atoms with Crippen molar-refractivity contribution >= 4 is 43.6 Å². The third kappa shape index (κ3) is 3.28. The molecule has 0 aliphatic carbocycles. The molecule has 0 saturated heterocycles. The van der Waals surface area contributed by atoms with Crippen molar-refractivity contribution in [3.05, 3.63) is 64.0 Å². The minimum atomic E-state index is -1.75. The molecule has 1 heterocycles. The first-order valence-electron chi connectivity index (χ1n) is 7.32. The monoisotopic (exact) mass is 418 g/mol. The molecule has 126 valence electrons. The first-order valence-corrected chi connectivity index (χ1v) is 9.22. The van der Waals surface area contributed by atoms with Gasteiger partial charge in [-0.25, -0.2) is 8.60 Å². The van der Waals surface area contributed by atoms with Gasteiger partial charge in [0.25, 0.3) is 0 Å². The van der Waals surface area contributed by atoms with Crippen LogP contribution < -0.4 is 0 Å². The van der Waals surface area contributed by atoms with Gasteiger partial charge in [-0.3, -0.25) is 8.77 Å². The van der Waals surface area contributed by atoms with Gasteiger partial charge in [-0.05, 0) is 37.3 Å². The molecule has 3 aromatic rings. The minimum absolute atomic E-state index is 0.0486. The highest BCUT2D eigenvalue weighted by atomic mass is 79.9. The Kier molecular flexibility index (Phi) is 4.84. The van der Waals surface area contributed by atoms with E-state index in [9.17, 15) is 13.4 Å². The molecule has 1 atom stereocenters. The molecule has 0 bridgehead atoms. The number of hydrogen-bond donors (Lipinski definition) is 0. The SMILES string of the molecule is Cc1ccc(S(=O)n2c(C(=O)CC#N)cc3c(F)cc(Br)cc32)cc1. The van der Waals surface area contributed by atoms with Gasteiger partial charge in [0.1, 0.15) is 17.9 Å². The zero-order chi connectivity index (χ0) is 18.1. The van der Waals surface area contributed by atoms with Gasteiger partial charge in [0.2, 0.25) is 0 Å². The van der Waals surface area contributed by atoms with E-state index in [1.807, 2.05) is 19.1 Å². The summed E-state index contributed by atoms with van der Waals surface area (Å²) in [6.07, 6.45) is -0.371. The fraction of sp³-hybridized carbons (Fsp3) is 0.111. The van der Waals surface area contributed by atoms with Gasteiger partial charge < -0.3 is 0 Å². The Balaban J connectivity index is 2.28. The first-order chi connectivity index (χ1) is 11.9. The topological polar surface area (TPSA) is 62.9 Å². The lowest BCUT2D eigenvalue weighted by atomic mass is 10.2. The van der Waals surface area contributed by atoms with Crippen LogP contribution in [0.15, 0.2) is 51.8 Å². The number of benzene rings is 2. The van der Waals surface area contributed by atoms with Crippen molar-refractivity contribution in [2.24, 2.45) is 0 Å². The van der Waals surface area contributed by atoms with E-state index >= 15 is 0 Å². The Labute approximate surface area is 154 Å². The molecule has 0 saturated carbocycles. The van der Waals surface area contributed by atoms with Crippen molar-refractivity contribution in [3.8, 4) is 6.07 Å². The molecule has 0 fully saturated rings. The van der Waals surface area contributed by atoms with E-state index < -0.39 is 22.6 Å². The largest absolute Gasteiger partial charge is 0.291 e. The summed E-state index contributed by atoms with van der Waals surface area (Å²) in [5.74, 6) is -1.04. The summed E-state index contributed by atoms with van der Waals surface area (Å²) in [5, 5.41) is 9.00. The van der Waals surface area contributed by atoms with Gasteiger partial charge in [0, 0.05) is 9.86 Å². The first kappa shape index (κ1) is 17.5. The second kappa shape index (κ2) is 6.90. The Bertz CT molecular complexity index is 1050. The number of nitriles is 1. The maximum atomic E-state index is 14.3. The second-order valence-electron chi connectivity index (χ2n) is 5.46. The van der Waals surface area contributed by atoms with Crippen LogP contribution in [0.4, 0.5) is 4.39 Å². The standard InChI is InChI=1S/C18H12BrFN2O2S/c1-11-2-4-13(5-3-11)25(24)22-16-9-12(19)8-15(20)14(16)10-17(22)18(23)6-7-21/h2-5,8-10H,6H2,1H3. The van der Waals surface area contributed by atoms with E-state index in [4.69, 9.17) is 5.26 Å². The number of ketones is 1. The van der Waals surface area contributed by atoms with Gasteiger partial charge in [-0.2, -0.15) is 5.26 Å². The van der Waals surface area contributed by atoms with E-state index in [2.05, 4.69) is 15.9 Å². The van der Waals surface area contributed by atoms with E-state index in [0.717, 1.165) is 5.56 Å². The Hall–Kier alpha value is -2.30. The number of rotatable bonds is 4. The lowest BCUT2D eigenvalue weighted by Gasteiger charge is -2.09. The molecular weight excluding hydrogens is 407 g/mol. The van der Waals surface area contributed by atoms with Gasteiger partial charge in [0.15, 0.2) is 16.8 Å². The second-order valence-corrected chi connectivity index (χ2v) is 7.72. The van der Waals surface area contributed by atoms with Crippen LogP contribution in [0.3, 0.4) is 0 Å². The molecule has 1 aromatic heterocycles. The number of hydrogen-bond acceptors (Lipinski definition) is 3. The van der Waals surface area contributed by atoms with Gasteiger partial charge in [-0.15, -0.1) is 0 Å². The lowest BCUT2D eigenvalue weighted by Crippen LogP contribution is -2.13. The van der Waals surface area contributed by atoms with Crippen molar-refractivity contribution in [2.75, 3.05) is 0 Å². The van der Waals surface area contributed by atoms with Crippen LogP contribution in [-0.4, -0.2) is 14.0 Å². The summed E-state index contributed by atoms with van der Waals surface area (Å²) >= 11 is 3.22. The number of aromatic nitrogens is 1. The van der Waals surface area contributed by atoms with Crippen molar-refractivity contribution in [2.45, 2.75) is 18.2 Å². The highest BCUT2D eigenvalue weighted by Crippen LogP contribution is 2.29. The molecule has 0 N–H and O–H groups in total. The van der Waals surface area contributed by atoms with E-state index in [-0.39, 0.29) is 17.5 Å². The molecule has 0 aliphatic rings. The number of nitrogens with zero attached hydrogens (tertiary/aromatic N) is 2. The summed E-state index contributed by atoms with van der Waals surface area (Å²) < 4.78 is 29.1. The molecule has 0 aliphatic heterocycles. The summed E-state index contributed by atoms with van der Waals surface area (Å²) in [5.41, 5.74) is 1.38. The number of carbonyl (C=O) groups is 1. The van der Waals surface area contributed by atoms with Crippen LogP contribution in [0.25, 0.3) is 10.9 Å².